The van der Waals surface area contributed by atoms with E-state index in [4.69, 9.17) is 0 Å². The molecular weight excluding hydrogens is 332 g/mol. The van der Waals surface area contributed by atoms with Crippen molar-refractivity contribution < 1.29 is 0 Å². The summed E-state index contributed by atoms with van der Waals surface area (Å²) < 4.78 is 1.36. The van der Waals surface area contributed by atoms with Crippen molar-refractivity contribution in [1.29, 1.82) is 0 Å². The third-order valence-electron chi connectivity index (χ3n) is 3.77. The van der Waals surface area contributed by atoms with Gasteiger partial charge in [0.1, 0.15) is 5.01 Å². The molecule has 6 heteroatoms. The van der Waals surface area contributed by atoms with Crippen molar-refractivity contribution in [2.45, 2.75) is 6.92 Å². The third kappa shape index (κ3) is 3.12. The van der Waals surface area contributed by atoms with Crippen LogP contribution in [-0.4, -0.2) is 19.6 Å². The zero-order chi connectivity index (χ0) is 17.2. The van der Waals surface area contributed by atoms with E-state index in [2.05, 4.69) is 15.1 Å². The average molecular weight is 346 g/mol. The van der Waals surface area contributed by atoms with E-state index < -0.39 is 0 Å². The summed E-state index contributed by atoms with van der Waals surface area (Å²) in [5.41, 5.74) is 3.51. The zero-order valence-electron chi connectivity index (χ0n) is 13.5. The van der Waals surface area contributed by atoms with Gasteiger partial charge < -0.3 is 0 Å². The molecule has 4 rings (SSSR count). The summed E-state index contributed by atoms with van der Waals surface area (Å²) in [5, 5.41) is 5.22. The number of hydrogen-bond acceptors (Lipinski definition) is 5. The minimum atomic E-state index is -0.188. The molecule has 0 spiro atoms. The smallest absolute Gasteiger partial charge is 0.267 e. The van der Waals surface area contributed by atoms with Crippen molar-refractivity contribution in [1.82, 2.24) is 19.6 Å². The van der Waals surface area contributed by atoms with Gasteiger partial charge in [0, 0.05) is 24.0 Å². The van der Waals surface area contributed by atoms with Crippen LogP contribution >= 0.6 is 11.3 Å². The van der Waals surface area contributed by atoms with E-state index in [1.165, 1.54) is 21.9 Å². The number of nitrogens with zero attached hydrogens (tertiary/aromatic N) is 4. The molecule has 0 N–H and O–H groups in total. The Balaban J connectivity index is 1.76. The Morgan fingerprint density at radius 2 is 2.00 bits per heavy atom. The minimum Gasteiger partial charge on any atom is -0.267 e. The van der Waals surface area contributed by atoms with Gasteiger partial charge in [0.15, 0.2) is 0 Å². The summed E-state index contributed by atoms with van der Waals surface area (Å²) in [7, 11) is 0. The third-order valence-corrected chi connectivity index (χ3v) is 4.71. The fourth-order valence-corrected chi connectivity index (χ4v) is 3.49. The molecule has 3 aromatic heterocycles. The van der Waals surface area contributed by atoms with Gasteiger partial charge in [-0.1, -0.05) is 47.7 Å². The quantitative estimate of drug-likeness (QED) is 0.568. The highest BCUT2D eigenvalue weighted by Gasteiger charge is 2.11. The van der Waals surface area contributed by atoms with E-state index in [-0.39, 0.29) is 5.56 Å². The van der Waals surface area contributed by atoms with Crippen LogP contribution in [0.15, 0.2) is 59.7 Å². The molecule has 4 aromatic rings. The van der Waals surface area contributed by atoms with E-state index in [9.17, 15) is 4.79 Å². The van der Waals surface area contributed by atoms with Crippen molar-refractivity contribution >= 4 is 28.4 Å². The van der Waals surface area contributed by atoms with Gasteiger partial charge in [-0.05, 0) is 30.2 Å². The second-order valence-electron chi connectivity index (χ2n) is 5.56. The zero-order valence-corrected chi connectivity index (χ0v) is 14.3. The summed E-state index contributed by atoms with van der Waals surface area (Å²) in [5.74, 6) is 0. The molecule has 0 aliphatic rings. The number of aromatic nitrogens is 4. The number of fused-ring (bicyclic) bond motifs is 1. The van der Waals surface area contributed by atoms with Crippen LogP contribution in [0.2, 0.25) is 0 Å². The number of pyridine rings is 1. The van der Waals surface area contributed by atoms with Gasteiger partial charge in [-0.3, -0.25) is 9.78 Å². The molecular formula is C19H14N4OS. The molecule has 5 nitrogen and oxygen atoms in total. The highest BCUT2D eigenvalue weighted by molar-refractivity contribution is 7.19. The standard InChI is InChI=1S/C19H14N4OS/c1-13-5-2-3-7-16(13)18-22-23-17(24)11-15(21-19(23)25-18)9-8-14-6-4-10-20-12-14/h2-12H,1H3/b9-8+. The lowest BCUT2D eigenvalue weighted by molar-refractivity contribution is 0.900. The second kappa shape index (κ2) is 6.41. The fourth-order valence-electron chi connectivity index (χ4n) is 2.49. The maximum atomic E-state index is 12.4. The van der Waals surface area contributed by atoms with Crippen molar-refractivity contribution in [3.05, 3.63) is 82.0 Å². The Bertz CT molecular complexity index is 1130. The normalized spacial score (nSPS) is 11.4. The molecule has 0 amide bonds. The van der Waals surface area contributed by atoms with Crippen molar-refractivity contribution in [3.63, 3.8) is 0 Å². The van der Waals surface area contributed by atoms with Crippen LogP contribution in [0.1, 0.15) is 16.8 Å². The first-order valence-corrected chi connectivity index (χ1v) is 8.57. The number of benzene rings is 1. The lowest BCUT2D eigenvalue weighted by Gasteiger charge is -1.98. The van der Waals surface area contributed by atoms with Crippen LogP contribution in [0.4, 0.5) is 0 Å². The molecule has 25 heavy (non-hydrogen) atoms. The van der Waals surface area contributed by atoms with Crippen LogP contribution < -0.4 is 5.56 Å². The lowest BCUT2D eigenvalue weighted by Crippen LogP contribution is -2.14. The van der Waals surface area contributed by atoms with Gasteiger partial charge >= 0.3 is 0 Å². The molecule has 0 radical (unpaired) electrons. The van der Waals surface area contributed by atoms with Crippen molar-refractivity contribution in [3.8, 4) is 10.6 Å². The molecule has 0 unspecified atom stereocenters. The Hall–Kier alpha value is -3.12. The van der Waals surface area contributed by atoms with Crippen molar-refractivity contribution in [2.75, 3.05) is 0 Å². The van der Waals surface area contributed by atoms with Crippen molar-refractivity contribution in [2.24, 2.45) is 0 Å². The first-order chi connectivity index (χ1) is 12.2. The second-order valence-corrected chi connectivity index (χ2v) is 6.51. The van der Waals surface area contributed by atoms with Crippen LogP contribution in [0.5, 0.6) is 0 Å². The molecule has 0 fully saturated rings. The van der Waals surface area contributed by atoms with Gasteiger partial charge in [0.05, 0.1) is 5.69 Å². The van der Waals surface area contributed by atoms with Crippen LogP contribution in [-0.2, 0) is 0 Å². The van der Waals surface area contributed by atoms with E-state index in [1.807, 2.05) is 55.5 Å². The van der Waals surface area contributed by atoms with Gasteiger partial charge in [0.2, 0.25) is 4.96 Å². The molecule has 0 saturated carbocycles. The Labute approximate surface area is 148 Å². The molecule has 0 atom stereocenters. The first kappa shape index (κ1) is 15.4. The molecule has 122 valence electrons. The number of hydrogen-bond donors (Lipinski definition) is 0. The van der Waals surface area contributed by atoms with E-state index in [0.29, 0.717) is 10.7 Å². The van der Waals surface area contributed by atoms with E-state index in [0.717, 1.165) is 21.7 Å². The fraction of sp³-hybridized carbons (Fsp3) is 0.0526. The molecule has 1 aromatic carbocycles. The highest BCUT2D eigenvalue weighted by atomic mass is 32.1. The van der Waals surface area contributed by atoms with Gasteiger partial charge in [-0.2, -0.15) is 9.61 Å². The van der Waals surface area contributed by atoms with E-state index in [1.54, 1.807) is 12.4 Å². The van der Waals surface area contributed by atoms with Gasteiger partial charge in [-0.25, -0.2) is 4.98 Å². The largest absolute Gasteiger partial charge is 0.275 e. The Morgan fingerprint density at radius 3 is 2.80 bits per heavy atom. The maximum absolute atomic E-state index is 12.4. The number of aryl methyl sites for hydroxylation is 1. The van der Waals surface area contributed by atoms with Gasteiger partial charge in [-0.15, -0.1) is 0 Å². The predicted octanol–water partition coefficient (Wildman–Crippen LogP) is 3.69. The lowest BCUT2D eigenvalue weighted by atomic mass is 10.1. The molecule has 0 aliphatic carbocycles. The Kier molecular flexibility index (Phi) is 3.95. The molecule has 0 saturated heterocycles. The monoisotopic (exact) mass is 346 g/mol. The maximum Gasteiger partial charge on any atom is 0.275 e. The Morgan fingerprint density at radius 1 is 1.12 bits per heavy atom. The molecule has 3 heterocycles. The summed E-state index contributed by atoms with van der Waals surface area (Å²) in [6.45, 7) is 2.03. The van der Waals surface area contributed by atoms with Crippen LogP contribution in [0.3, 0.4) is 0 Å². The summed E-state index contributed by atoms with van der Waals surface area (Å²) in [6, 6.07) is 13.3. The predicted molar refractivity (Wildman–Crippen MR) is 100 cm³/mol. The summed E-state index contributed by atoms with van der Waals surface area (Å²) in [6.07, 6.45) is 7.17. The summed E-state index contributed by atoms with van der Waals surface area (Å²) >= 11 is 1.41. The molecule has 0 aliphatic heterocycles. The SMILES string of the molecule is Cc1ccccc1-c1nn2c(=O)cc(/C=C/c3cccnc3)nc2s1. The average Bonchev–Trinajstić information content (AvgIpc) is 3.06. The van der Waals surface area contributed by atoms with Crippen LogP contribution in [0.25, 0.3) is 27.7 Å². The van der Waals surface area contributed by atoms with Crippen LogP contribution in [0, 0.1) is 6.92 Å². The first-order valence-electron chi connectivity index (χ1n) is 7.76. The highest BCUT2D eigenvalue weighted by Crippen LogP contribution is 2.27. The minimum absolute atomic E-state index is 0.188. The summed E-state index contributed by atoms with van der Waals surface area (Å²) in [4.78, 5) is 21.5. The van der Waals surface area contributed by atoms with Gasteiger partial charge in [0.25, 0.3) is 5.56 Å². The number of rotatable bonds is 3. The topological polar surface area (TPSA) is 60.2 Å². The van der Waals surface area contributed by atoms with E-state index >= 15 is 0 Å². The molecule has 0 bridgehead atoms.